The highest BCUT2D eigenvalue weighted by atomic mass is 16.5. The van der Waals surface area contributed by atoms with Crippen LogP contribution < -0.4 is 16.0 Å². The molecule has 0 aliphatic carbocycles. The summed E-state index contributed by atoms with van der Waals surface area (Å²) in [5, 5.41) is 4.68. The van der Waals surface area contributed by atoms with Crippen molar-refractivity contribution in [2.24, 2.45) is 28.7 Å². The van der Waals surface area contributed by atoms with E-state index in [0.29, 0.717) is 12.8 Å². The molecule has 45 heavy (non-hydrogen) atoms. The molecule has 0 saturated carbocycles. The molecule has 3 N–H and O–H groups in total. The quantitative estimate of drug-likeness (QED) is 0.329. The standard InChI is InChI=1S/C35H46N4O6/c1-9-22-18(3)28(38-34(22)42)15-26-20(5)24(11-13-32(40)44-7)30(36-26)17-31-25(12-14-33(41)45-8)21(6)27(37-31)16-29-19(4)23(10-2)35(43)39-29/h15-19,22-23,36-37H,9-14H2,1-8H3,(H,38,42)/b27-16+,28-15-,31-17-/t18-,19-,22-,23-/m1/s1. The largest absolute Gasteiger partial charge is 0.469 e. The summed E-state index contributed by atoms with van der Waals surface area (Å²) in [6, 6.07) is 0. The molecule has 0 bridgehead atoms. The molecular formula is C35H46N4O6. The molecule has 0 radical (unpaired) electrons. The molecule has 1 saturated heterocycles. The van der Waals surface area contributed by atoms with Gasteiger partial charge in [0.1, 0.15) is 0 Å². The summed E-state index contributed by atoms with van der Waals surface area (Å²) < 4.78 is 9.85. The molecule has 4 heterocycles. The zero-order valence-electron chi connectivity index (χ0n) is 27.7. The van der Waals surface area contributed by atoms with Gasteiger partial charge in [0.2, 0.25) is 11.8 Å². The number of nitrogens with one attached hydrogen (secondary N) is 3. The van der Waals surface area contributed by atoms with Gasteiger partial charge in [0.15, 0.2) is 0 Å². The third-order valence-corrected chi connectivity index (χ3v) is 9.60. The van der Waals surface area contributed by atoms with Crippen LogP contribution in [0.5, 0.6) is 0 Å². The fourth-order valence-electron chi connectivity index (χ4n) is 6.57. The first kappa shape index (κ1) is 33.7. The molecule has 2 aliphatic rings. The Labute approximate surface area is 264 Å². The third-order valence-electron chi connectivity index (χ3n) is 9.60. The van der Waals surface area contributed by atoms with Gasteiger partial charge in [-0.3, -0.25) is 19.2 Å². The second-order valence-corrected chi connectivity index (χ2v) is 12.1. The van der Waals surface area contributed by atoms with Crippen LogP contribution in [0.15, 0.2) is 10.7 Å². The number of allylic oxidation sites excluding steroid dienone is 1. The number of ether oxygens (including phenoxy) is 2. The lowest BCUT2D eigenvalue weighted by molar-refractivity contribution is -0.141. The van der Waals surface area contributed by atoms with Gasteiger partial charge < -0.3 is 24.8 Å². The molecule has 0 aromatic carbocycles. The van der Waals surface area contributed by atoms with Crippen molar-refractivity contribution < 1.29 is 28.7 Å². The van der Waals surface area contributed by atoms with E-state index in [1.165, 1.54) is 14.2 Å². The van der Waals surface area contributed by atoms with Gasteiger partial charge in [-0.1, -0.05) is 27.7 Å². The Bertz CT molecular complexity index is 1670. The summed E-state index contributed by atoms with van der Waals surface area (Å²) in [5.74, 6) is -0.787. The molecule has 4 rings (SSSR count). The van der Waals surface area contributed by atoms with Crippen LogP contribution in [0.1, 0.15) is 87.0 Å². The fourth-order valence-corrected chi connectivity index (χ4v) is 6.57. The number of aromatic amines is 2. The van der Waals surface area contributed by atoms with E-state index < -0.39 is 0 Å². The van der Waals surface area contributed by atoms with Crippen molar-refractivity contribution in [1.82, 2.24) is 15.3 Å². The minimum atomic E-state index is -0.307. The predicted molar refractivity (Wildman–Crippen MR) is 173 cm³/mol. The lowest BCUT2D eigenvalue weighted by Gasteiger charge is -2.10. The van der Waals surface area contributed by atoms with Crippen LogP contribution in [0.3, 0.4) is 0 Å². The van der Waals surface area contributed by atoms with Crippen LogP contribution in [-0.4, -0.2) is 53.7 Å². The lowest BCUT2D eigenvalue weighted by atomic mass is 9.90. The topological polar surface area (TPSA) is 143 Å². The minimum absolute atomic E-state index is 0.00787. The van der Waals surface area contributed by atoms with E-state index in [9.17, 15) is 19.2 Å². The van der Waals surface area contributed by atoms with Crippen LogP contribution in [0, 0.1) is 37.5 Å². The van der Waals surface area contributed by atoms with Crippen molar-refractivity contribution in [3.63, 3.8) is 0 Å². The Morgan fingerprint density at radius 3 is 1.96 bits per heavy atom. The Morgan fingerprint density at radius 1 is 0.778 bits per heavy atom. The molecule has 242 valence electrons. The molecule has 10 heteroatoms. The highest BCUT2D eigenvalue weighted by molar-refractivity contribution is 6.20. The van der Waals surface area contributed by atoms with E-state index in [4.69, 9.17) is 9.47 Å². The molecule has 2 aromatic heterocycles. The van der Waals surface area contributed by atoms with Crippen molar-refractivity contribution >= 4 is 47.7 Å². The maximum Gasteiger partial charge on any atom is 0.305 e. The number of carbonyl (C=O) groups is 4. The molecule has 1 fully saturated rings. The maximum atomic E-state index is 12.5. The number of aliphatic imine (C=N–C) groups is 1. The molecule has 0 spiro atoms. The maximum absolute atomic E-state index is 12.5. The molecule has 2 aromatic rings. The van der Waals surface area contributed by atoms with Gasteiger partial charge in [0.05, 0.1) is 14.2 Å². The van der Waals surface area contributed by atoms with Gasteiger partial charge in [-0.2, -0.15) is 0 Å². The van der Waals surface area contributed by atoms with Crippen LogP contribution in [-0.2, 0) is 41.5 Å². The number of nitrogens with zero attached hydrogens (tertiary/aromatic N) is 1. The first-order chi connectivity index (χ1) is 21.4. The predicted octanol–water partition coefficient (Wildman–Crippen LogP) is 3.56. The Hall–Kier alpha value is -4.21. The van der Waals surface area contributed by atoms with Crippen LogP contribution in [0.2, 0.25) is 0 Å². The van der Waals surface area contributed by atoms with Crippen molar-refractivity contribution in [3.05, 3.63) is 50.0 Å². The minimum Gasteiger partial charge on any atom is -0.469 e. The zero-order valence-corrected chi connectivity index (χ0v) is 27.7. The van der Waals surface area contributed by atoms with Gasteiger partial charge in [-0.15, -0.1) is 0 Å². The number of H-pyrrole nitrogens is 2. The zero-order chi connectivity index (χ0) is 33.0. The molecule has 10 nitrogen and oxygen atoms in total. The van der Waals surface area contributed by atoms with E-state index in [2.05, 4.69) is 27.2 Å². The molecule has 2 aliphatic heterocycles. The normalized spacial score (nSPS) is 23.2. The number of hydrogen-bond acceptors (Lipinski definition) is 6. The monoisotopic (exact) mass is 618 g/mol. The van der Waals surface area contributed by atoms with E-state index >= 15 is 0 Å². The summed E-state index contributed by atoms with van der Waals surface area (Å²) in [6.07, 6.45) is 8.74. The van der Waals surface area contributed by atoms with Crippen LogP contribution in [0.4, 0.5) is 0 Å². The summed E-state index contributed by atoms with van der Waals surface area (Å²) in [5.41, 5.74) is 7.11. The van der Waals surface area contributed by atoms with Gasteiger partial charge in [-0.25, -0.2) is 4.99 Å². The highest BCUT2D eigenvalue weighted by Gasteiger charge is 2.34. The Balaban J connectivity index is 1.87. The van der Waals surface area contributed by atoms with Gasteiger partial charge in [0, 0.05) is 70.0 Å². The Kier molecular flexibility index (Phi) is 10.7. The van der Waals surface area contributed by atoms with Gasteiger partial charge >= 0.3 is 11.9 Å². The van der Waals surface area contributed by atoms with Crippen molar-refractivity contribution in [2.45, 2.75) is 80.1 Å². The number of rotatable bonds is 11. The van der Waals surface area contributed by atoms with E-state index in [0.717, 1.165) is 68.6 Å². The van der Waals surface area contributed by atoms with Gasteiger partial charge in [-0.05, 0) is 80.0 Å². The average Bonchev–Trinajstić information content (AvgIpc) is 3.66. The average molecular weight is 619 g/mol. The number of amides is 2. The van der Waals surface area contributed by atoms with Crippen molar-refractivity contribution in [2.75, 3.05) is 14.2 Å². The third kappa shape index (κ3) is 7.05. The molecule has 0 unspecified atom stereocenters. The van der Waals surface area contributed by atoms with Crippen molar-refractivity contribution in [3.8, 4) is 0 Å². The second-order valence-electron chi connectivity index (χ2n) is 12.1. The molecule has 2 amide bonds. The molecular weight excluding hydrogens is 572 g/mol. The van der Waals surface area contributed by atoms with E-state index in [1.54, 1.807) is 0 Å². The first-order valence-corrected chi connectivity index (χ1v) is 15.8. The summed E-state index contributed by atoms with van der Waals surface area (Å²) in [4.78, 5) is 60.7. The van der Waals surface area contributed by atoms with Crippen LogP contribution in [0.25, 0.3) is 18.2 Å². The van der Waals surface area contributed by atoms with Gasteiger partial charge in [0.25, 0.3) is 0 Å². The number of methoxy groups -OCH3 is 2. The number of aromatic nitrogens is 2. The first-order valence-electron chi connectivity index (χ1n) is 15.8. The second kappa shape index (κ2) is 14.3. The number of esters is 2. The van der Waals surface area contributed by atoms with Crippen LogP contribution >= 0.6 is 0 Å². The van der Waals surface area contributed by atoms with E-state index in [-0.39, 0.29) is 60.3 Å². The number of carbonyl (C=O) groups excluding carboxylic acids is 4. The number of hydrogen-bond donors (Lipinski definition) is 3. The Morgan fingerprint density at radius 2 is 1.40 bits per heavy atom. The lowest BCUT2D eigenvalue weighted by Crippen LogP contribution is -2.19. The summed E-state index contributed by atoms with van der Waals surface area (Å²) >= 11 is 0. The van der Waals surface area contributed by atoms with E-state index in [1.807, 2.05) is 52.8 Å². The molecule has 4 atom stereocenters. The SMILES string of the molecule is CC[C@H]1C(=O)N=C(/C=c2/[nH]/c(=C\c3[nH]c(/C=C4\NC(=O)[C@H](CC)[C@H]4C)c(C)c3CCC(=O)OC)c(CCC(=O)OC)c2C)[C@@H]1C. The summed E-state index contributed by atoms with van der Waals surface area (Å²) in [6.45, 7) is 12.1. The summed E-state index contributed by atoms with van der Waals surface area (Å²) in [7, 11) is 2.75. The smallest absolute Gasteiger partial charge is 0.305 e. The van der Waals surface area contributed by atoms with Crippen molar-refractivity contribution in [1.29, 1.82) is 0 Å². The fraction of sp³-hybridized carbons (Fsp3) is 0.514. The highest BCUT2D eigenvalue weighted by Crippen LogP contribution is 2.32.